The van der Waals surface area contributed by atoms with Crippen LogP contribution in [0.15, 0.2) is 54.7 Å². The van der Waals surface area contributed by atoms with Crippen LogP contribution in [0.3, 0.4) is 0 Å². The van der Waals surface area contributed by atoms with Gasteiger partial charge in [0.25, 0.3) is 0 Å². The van der Waals surface area contributed by atoms with E-state index in [4.69, 9.17) is 4.98 Å². The number of aromatic nitrogens is 2. The molecule has 0 spiro atoms. The molecule has 18 heavy (non-hydrogen) atoms. The molecule has 2 aromatic heterocycles. The number of benzene rings is 1. The monoisotopic (exact) mass is 252 g/mol. The highest BCUT2D eigenvalue weighted by Crippen LogP contribution is 2.31. The molecule has 3 rings (SSSR count). The second-order valence-corrected chi connectivity index (χ2v) is 5.21. The van der Waals surface area contributed by atoms with Crippen molar-refractivity contribution in [1.82, 2.24) is 9.97 Å². The van der Waals surface area contributed by atoms with E-state index < -0.39 is 0 Å². The van der Waals surface area contributed by atoms with Crippen LogP contribution in [0, 0.1) is 6.92 Å². The summed E-state index contributed by atoms with van der Waals surface area (Å²) in [6, 6.07) is 16.2. The molecule has 0 atom stereocenters. The zero-order valence-electron chi connectivity index (χ0n) is 10.00. The number of hydrogen-bond donors (Lipinski definition) is 0. The van der Waals surface area contributed by atoms with Gasteiger partial charge in [-0.25, -0.2) is 4.98 Å². The second-order valence-electron chi connectivity index (χ2n) is 4.00. The van der Waals surface area contributed by atoms with Crippen LogP contribution in [-0.4, -0.2) is 9.97 Å². The lowest BCUT2D eigenvalue weighted by atomic mass is 10.1. The Labute approximate surface area is 110 Å². The van der Waals surface area contributed by atoms with Crippen LogP contribution >= 0.6 is 11.3 Å². The molecule has 2 heterocycles. The summed E-state index contributed by atoms with van der Waals surface area (Å²) in [5, 5.41) is 0.979. The van der Waals surface area contributed by atoms with Crippen molar-refractivity contribution in [1.29, 1.82) is 0 Å². The predicted octanol–water partition coefficient (Wildman–Crippen LogP) is 4.18. The van der Waals surface area contributed by atoms with E-state index in [9.17, 15) is 0 Å². The lowest BCUT2D eigenvalue weighted by Gasteiger charge is -1.96. The topological polar surface area (TPSA) is 25.8 Å². The third-order valence-corrected chi connectivity index (χ3v) is 3.72. The zero-order valence-corrected chi connectivity index (χ0v) is 10.8. The Balaban J connectivity index is 2.07. The summed E-state index contributed by atoms with van der Waals surface area (Å²) in [6.45, 7) is 2.10. The van der Waals surface area contributed by atoms with Gasteiger partial charge in [0.1, 0.15) is 5.01 Å². The summed E-state index contributed by atoms with van der Waals surface area (Å²) < 4.78 is 0. The van der Waals surface area contributed by atoms with Crippen LogP contribution in [0.1, 0.15) is 4.88 Å². The minimum absolute atomic E-state index is 0.938. The van der Waals surface area contributed by atoms with Crippen LogP contribution in [-0.2, 0) is 0 Å². The lowest BCUT2D eigenvalue weighted by Crippen LogP contribution is -1.82. The first kappa shape index (κ1) is 11.1. The molecule has 0 N–H and O–H groups in total. The molecule has 0 aliphatic heterocycles. The maximum absolute atomic E-state index is 4.71. The Morgan fingerprint density at radius 3 is 2.44 bits per heavy atom. The van der Waals surface area contributed by atoms with Crippen LogP contribution in [0.4, 0.5) is 0 Å². The molecule has 0 saturated carbocycles. The summed E-state index contributed by atoms with van der Waals surface area (Å²) in [5.41, 5.74) is 3.16. The Morgan fingerprint density at radius 2 is 1.72 bits per heavy atom. The molecule has 0 aliphatic carbocycles. The van der Waals surface area contributed by atoms with E-state index in [2.05, 4.69) is 24.0 Å². The first-order valence-electron chi connectivity index (χ1n) is 5.79. The number of thiazole rings is 1. The summed E-state index contributed by atoms with van der Waals surface area (Å²) >= 11 is 1.69. The summed E-state index contributed by atoms with van der Waals surface area (Å²) in [5.74, 6) is 0. The highest BCUT2D eigenvalue weighted by molar-refractivity contribution is 7.15. The van der Waals surface area contributed by atoms with Crippen molar-refractivity contribution < 1.29 is 0 Å². The van der Waals surface area contributed by atoms with E-state index in [1.807, 2.05) is 36.4 Å². The maximum atomic E-state index is 4.71. The van der Waals surface area contributed by atoms with Gasteiger partial charge in [-0.3, -0.25) is 4.98 Å². The number of nitrogens with zero attached hydrogens (tertiary/aromatic N) is 2. The van der Waals surface area contributed by atoms with E-state index >= 15 is 0 Å². The van der Waals surface area contributed by atoms with Gasteiger partial charge in [0.2, 0.25) is 0 Å². The van der Waals surface area contributed by atoms with Crippen LogP contribution in [0.5, 0.6) is 0 Å². The maximum Gasteiger partial charge on any atom is 0.142 e. The lowest BCUT2D eigenvalue weighted by molar-refractivity contribution is 1.29. The van der Waals surface area contributed by atoms with E-state index in [1.54, 1.807) is 17.5 Å². The Kier molecular flexibility index (Phi) is 2.90. The quantitative estimate of drug-likeness (QED) is 0.683. The largest absolute Gasteiger partial charge is 0.254 e. The molecule has 0 amide bonds. The van der Waals surface area contributed by atoms with Crippen molar-refractivity contribution in [3.05, 3.63) is 59.6 Å². The third kappa shape index (κ3) is 2.05. The smallest absolute Gasteiger partial charge is 0.142 e. The summed E-state index contributed by atoms with van der Waals surface area (Å²) in [4.78, 5) is 10.3. The molecule has 0 fully saturated rings. The number of hydrogen-bond acceptors (Lipinski definition) is 3. The molecule has 0 unspecified atom stereocenters. The van der Waals surface area contributed by atoms with Gasteiger partial charge in [0.15, 0.2) is 0 Å². The van der Waals surface area contributed by atoms with Gasteiger partial charge in [-0.1, -0.05) is 36.4 Å². The standard InChI is InChI=1S/C15H12N2S/c1-11-14(12-7-3-2-4-8-12)17-15(18-11)13-9-5-6-10-16-13/h2-10H,1H3. The molecule has 1 aromatic carbocycles. The summed E-state index contributed by atoms with van der Waals surface area (Å²) in [6.07, 6.45) is 1.80. The molecule has 88 valence electrons. The molecule has 3 aromatic rings. The van der Waals surface area contributed by atoms with Crippen molar-refractivity contribution in [2.75, 3.05) is 0 Å². The highest BCUT2D eigenvalue weighted by atomic mass is 32.1. The van der Waals surface area contributed by atoms with Gasteiger partial charge in [-0.15, -0.1) is 11.3 Å². The van der Waals surface area contributed by atoms with Gasteiger partial charge in [-0.05, 0) is 19.1 Å². The molecule has 0 saturated heterocycles. The Morgan fingerprint density at radius 1 is 0.944 bits per heavy atom. The number of rotatable bonds is 2. The second kappa shape index (κ2) is 4.70. The molecule has 3 heteroatoms. The van der Waals surface area contributed by atoms with Gasteiger partial charge in [0.05, 0.1) is 11.4 Å². The fourth-order valence-electron chi connectivity index (χ4n) is 1.86. The normalized spacial score (nSPS) is 10.5. The highest BCUT2D eigenvalue weighted by Gasteiger charge is 2.11. The van der Waals surface area contributed by atoms with Crippen molar-refractivity contribution in [2.45, 2.75) is 6.92 Å². The van der Waals surface area contributed by atoms with Crippen molar-refractivity contribution in [2.24, 2.45) is 0 Å². The van der Waals surface area contributed by atoms with Gasteiger partial charge in [-0.2, -0.15) is 0 Å². The molecular formula is C15H12N2S. The number of aryl methyl sites for hydroxylation is 1. The Bertz CT molecular complexity index is 645. The van der Waals surface area contributed by atoms with E-state index in [0.29, 0.717) is 0 Å². The molecule has 0 aliphatic rings. The summed E-state index contributed by atoms with van der Waals surface area (Å²) in [7, 11) is 0. The molecule has 2 nitrogen and oxygen atoms in total. The first-order valence-corrected chi connectivity index (χ1v) is 6.60. The van der Waals surface area contributed by atoms with Gasteiger partial charge < -0.3 is 0 Å². The minimum atomic E-state index is 0.938. The fourth-order valence-corrected chi connectivity index (χ4v) is 2.77. The minimum Gasteiger partial charge on any atom is -0.254 e. The zero-order chi connectivity index (χ0) is 12.4. The predicted molar refractivity (Wildman–Crippen MR) is 75.5 cm³/mol. The fraction of sp³-hybridized carbons (Fsp3) is 0.0667. The third-order valence-electron chi connectivity index (χ3n) is 2.73. The van der Waals surface area contributed by atoms with Gasteiger partial charge in [0, 0.05) is 16.6 Å². The average molecular weight is 252 g/mol. The van der Waals surface area contributed by atoms with Gasteiger partial charge >= 0.3 is 0 Å². The van der Waals surface area contributed by atoms with Crippen LogP contribution in [0.2, 0.25) is 0 Å². The van der Waals surface area contributed by atoms with Crippen molar-refractivity contribution >= 4 is 11.3 Å². The van der Waals surface area contributed by atoms with Crippen LogP contribution in [0.25, 0.3) is 22.0 Å². The average Bonchev–Trinajstić information content (AvgIpc) is 2.83. The van der Waals surface area contributed by atoms with Crippen LogP contribution < -0.4 is 0 Å². The first-order chi connectivity index (χ1) is 8.84. The SMILES string of the molecule is Cc1sc(-c2ccccn2)nc1-c1ccccc1. The molecule has 0 bridgehead atoms. The molecule has 0 radical (unpaired) electrons. The Hall–Kier alpha value is -2.00. The van der Waals surface area contributed by atoms with Crippen molar-refractivity contribution in [3.8, 4) is 22.0 Å². The van der Waals surface area contributed by atoms with Crippen molar-refractivity contribution in [3.63, 3.8) is 0 Å². The molecular weight excluding hydrogens is 240 g/mol. The van der Waals surface area contributed by atoms with E-state index in [-0.39, 0.29) is 0 Å². The van der Waals surface area contributed by atoms with E-state index in [1.165, 1.54) is 4.88 Å². The van der Waals surface area contributed by atoms with E-state index in [0.717, 1.165) is 22.0 Å². The number of pyridine rings is 1.